The van der Waals surface area contributed by atoms with Crippen molar-refractivity contribution in [1.82, 2.24) is 14.9 Å². The molecule has 0 aliphatic carbocycles. The molecule has 19 heavy (non-hydrogen) atoms. The molecule has 6 nitrogen and oxygen atoms in total. The second kappa shape index (κ2) is 3.57. The summed E-state index contributed by atoms with van der Waals surface area (Å²) in [5, 5.41) is 2.55. The average Bonchev–Trinajstić information content (AvgIpc) is 2.83. The van der Waals surface area contributed by atoms with Crippen LogP contribution in [0.1, 0.15) is 18.6 Å². The van der Waals surface area contributed by atoms with Crippen molar-refractivity contribution in [3.05, 3.63) is 24.3 Å². The van der Waals surface area contributed by atoms with Crippen LogP contribution in [0.5, 0.6) is 0 Å². The summed E-state index contributed by atoms with van der Waals surface area (Å²) in [5.74, 6) is 0.218. The highest BCUT2D eigenvalue weighted by Gasteiger charge is 2.49. The molecule has 2 amide bonds. The lowest BCUT2D eigenvalue weighted by molar-refractivity contribution is 0.0859. The van der Waals surface area contributed by atoms with Gasteiger partial charge in [-0.05, 0) is 26.0 Å². The second-order valence-corrected chi connectivity index (χ2v) is 4.99. The van der Waals surface area contributed by atoms with Crippen LogP contribution in [0.15, 0.2) is 24.3 Å². The van der Waals surface area contributed by atoms with E-state index in [1.807, 2.05) is 24.3 Å². The van der Waals surface area contributed by atoms with E-state index in [0.717, 1.165) is 5.52 Å². The number of aromatic nitrogens is 2. The van der Waals surface area contributed by atoms with Gasteiger partial charge < -0.3 is 5.32 Å². The number of nitrogens with zero attached hydrogens (tertiary/aromatic N) is 3. The van der Waals surface area contributed by atoms with Crippen molar-refractivity contribution >= 4 is 28.9 Å². The molecule has 1 aromatic heterocycles. The number of benzene rings is 1. The summed E-state index contributed by atoms with van der Waals surface area (Å²) in [6.45, 7) is 3.43. The minimum absolute atomic E-state index is 0.153. The monoisotopic (exact) mass is 258 g/mol. The van der Waals surface area contributed by atoms with E-state index in [1.54, 1.807) is 13.8 Å². The quantitative estimate of drug-likeness (QED) is 0.780. The molecule has 1 aliphatic heterocycles. The molecule has 1 aliphatic rings. The minimum atomic E-state index is -0.938. The lowest BCUT2D eigenvalue weighted by Crippen LogP contribution is -2.52. The molecule has 0 unspecified atom stereocenters. The third kappa shape index (κ3) is 1.34. The van der Waals surface area contributed by atoms with Crippen LogP contribution in [0.4, 0.5) is 10.7 Å². The maximum atomic E-state index is 12.5. The van der Waals surface area contributed by atoms with Crippen LogP contribution in [0.25, 0.3) is 11.0 Å². The first-order valence-corrected chi connectivity index (χ1v) is 6.02. The van der Waals surface area contributed by atoms with E-state index < -0.39 is 5.54 Å². The highest BCUT2D eigenvalue weighted by molar-refractivity contribution is 6.11. The lowest BCUT2D eigenvalue weighted by Gasteiger charge is -2.27. The summed E-state index contributed by atoms with van der Waals surface area (Å²) < 4.78 is 1.50. The molecule has 0 saturated heterocycles. The first-order chi connectivity index (χ1) is 8.98. The molecule has 0 saturated carbocycles. The van der Waals surface area contributed by atoms with Crippen molar-refractivity contribution in [3.63, 3.8) is 0 Å². The van der Waals surface area contributed by atoms with Crippen LogP contribution in [-0.2, 0) is 0 Å². The number of para-hydroxylation sites is 2. The molecule has 3 rings (SSSR count). The van der Waals surface area contributed by atoms with E-state index in [0.29, 0.717) is 11.5 Å². The van der Waals surface area contributed by atoms with Crippen LogP contribution in [0.2, 0.25) is 0 Å². The highest BCUT2D eigenvalue weighted by Crippen LogP contribution is 2.36. The fourth-order valence-corrected chi connectivity index (χ4v) is 2.44. The predicted octanol–water partition coefficient (Wildman–Crippen LogP) is 1.61. The number of carbonyl (C=O) groups excluding carboxylic acids is 2. The van der Waals surface area contributed by atoms with Crippen LogP contribution in [0, 0.1) is 0 Å². The van der Waals surface area contributed by atoms with Crippen LogP contribution < -0.4 is 10.2 Å². The van der Waals surface area contributed by atoms with Gasteiger partial charge in [-0.2, -0.15) is 0 Å². The summed E-state index contributed by atoms with van der Waals surface area (Å²) in [4.78, 5) is 30.3. The second-order valence-electron chi connectivity index (χ2n) is 4.99. The van der Waals surface area contributed by atoms with Gasteiger partial charge in [-0.3, -0.25) is 4.79 Å². The first kappa shape index (κ1) is 11.7. The van der Waals surface area contributed by atoms with E-state index >= 15 is 0 Å². The van der Waals surface area contributed by atoms with E-state index in [-0.39, 0.29) is 11.9 Å². The molecule has 2 heterocycles. The molecule has 6 heteroatoms. The molecular weight excluding hydrogens is 244 g/mol. The largest absolute Gasteiger partial charge is 0.341 e. The van der Waals surface area contributed by atoms with E-state index in [1.165, 1.54) is 16.5 Å². The fraction of sp³-hybridized carbons (Fsp3) is 0.308. The molecule has 0 atom stereocenters. The zero-order valence-electron chi connectivity index (χ0n) is 11.0. The normalized spacial score (nSPS) is 16.8. The topological polar surface area (TPSA) is 67.2 Å². The number of imidazole rings is 1. The molecule has 0 spiro atoms. The Morgan fingerprint density at radius 2 is 2.00 bits per heavy atom. The smallest absolute Gasteiger partial charge is 0.324 e. The molecule has 0 radical (unpaired) electrons. The van der Waals surface area contributed by atoms with Gasteiger partial charge in [-0.15, -0.1) is 0 Å². The molecule has 0 bridgehead atoms. The van der Waals surface area contributed by atoms with E-state index in [2.05, 4.69) is 10.3 Å². The van der Waals surface area contributed by atoms with Crippen molar-refractivity contribution < 1.29 is 9.59 Å². The predicted molar refractivity (Wildman–Crippen MR) is 71.4 cm³/mol. The Morgan fingerprint density at radius 3 is 2.68 bits per heavy atom. The maximum Gasteiger partial charge on any atom is 0.324 e. The standard InChI is InChI=1S/C13H14N4O2/c1-13(2)10(18)16-9-7-5-4-6-8(9)15-11(16)17(13)12(19)14-3/h4-7H,1-3H3,(H,14,19). The number of carbonyl (C=O) groups is 2. The van der Waals surface area contributed by atoms with Gasteiger partial charge in [0.05, 0.1) is 11.0 Å². The van der Waals surface area contributed by atoms with Crippen molar-refractivity contribution in [2.24, 2.45) is 0 Å². The molecule has 2 aromatic rings. The minimum Gasteiger partial charge on any atom is -0.341 e. The highest BCUT2D eigenvalue weighted by atomic mass is 16.2. The van der Waals surface area contributed by atoms with Gasteiger partial charge in [-0.1, -0.05) is 12.1 Å². The van der Waals surface area contributed by atoms with Crippen LogP contribution in [-0.4, -0.2) is 34.1 Å². The Balaban J connectivity index is 2.31. The molecule has 1 N–H and O–H groups in total. The molecule has 98 valence electrons. The SMILES string of the molecule is CNC(=O)N1c2nc3ccccc3n2C(=O)C1(C)C. The van der Waals surface area contributed by atoms with Crippen molar-refractivity contribution in [3.8, 4) is 0 Å². The third-order valence-corrected chi connectivity index (χ3v) is 3.45. The average molecular weight is 258 g/mol. The van der Waals surface area contributed by atoms with Crippen molar-refractivity contribution in [2.75, 3.05) is 11.9 Å². The summed E-state index contributed by atoms with van der Waals surface area (Å²) in [6, 6.07) is 7.01. The van der Waals surface area contributed by atoms with Crippen molar-refractivity contribution in [1.29, 1.82) is 0 Å². The summed E-state index contributed by atoms with van der Waals surface area (Å²) in [6.07, 6.45) is 0. The number of rotatable bonds is 0. The van der Waals surface area contributed by atoms with Crippen LogP contribution >= 0.6 is 0 Å². The van der Waals surface area contributed by atoms with Gasteiger partial charge >= 0.3 is 6.03 Å². The summed E-state index contributed by atoms with van der Waals surface area (Å²) in [5.41, 5.74) is 0.490. The Kier molecular flexibility index (Phi) is 2.20. The zero-order valence-corrected chi connectivity index (χ0v) is 11.0. The van der Waals surface area contributed by atoms with Gasteiger partial charge in [0.15, 0.2) is 0 Å². The van der Waals surface area contributed by atoms with Gasteiger partial charge in [0.1, 0.15) is 5.54 Å². The van der Waals surface area contributed by atoms with Gasteiger partial charge in [0.2, 0.25) is 5.95 Å². The fourth-order valence-electron chi connectivity index (χ4n) is 2.44. The molecule has 1 aromatic carbocycles. The number of anilines is 1. The van der Waals surface area contributed by atoms with E-state index in [9.17, 15) is 9.59 Å². The number of hydrogen-bond acceptors (Lipinski definition) is 3. The van der Waals surface area contributed by atoms with E-state index in [4.69, 9.17) is 0 Å². The van der Waals surface area contributed by atoms with Gasteiger partial charge in [-0.25, -0.2) is 19.2 Å². The Hall–Kier alpha value is -2.37. The molecule has 0 fully saturated rings. The lowest BCUT2D eigenvalue weighted by atomic mass is 10.0. The number of nitrogens with one attached hydrogen (secondary N) is 1. The number of urea groups is 1. The number of hydrogen-bond donors (Lipinski definition) is 1. The maximum absolute atomic E-state index is 12.5. The first-order valence-electron chi connectivity index (χ1n) is 6.02. The number of fused-ring (bicyclic) bond motifs is 3. The van der Waals surface area contributed by atoms with Gasteiger partial charge in [0, 0.05) is 7.05 Å². The van der Waals surface area contributed by atoms with Gasteiger partial charge in [0.25, 0.3) is 5.91 Å². The Bertz CT molecular complexity index is 702. The summed E-state index contributed by atoms with van der Waals surface area (Å²) >= 11 is 0. The number of amides is 2. The van der Waals surface area contributed by atoms with Crippen molar-refractivity contribution in [2.45, 2.75) is 19.4 Å². The Labute approximate surface area is 110 Å². The third-order valence-electron chi connectivity index (χ3n) is 3.45. The summed E-state index contributed by atoms with van der Waals surface area (Å²) in [7, 11) is 1.54. The molecular formula is C13H14N4O2. The zero-order chi connectivity index (χ0) is 13.8. The van der Waals surface area contributed by atoms with Crippen LogP contribution in [0.3, 0.4) is 0 Å². The Morgan fingerprint density at radius 1 is 1.32 bits per heavy atom.